The number of hydrogen-bond acceptors (Lipinski definition) is 3. The summed E-state index contributed by atoms with van der Waals surface area (Å²) in [5.74, 6) is 0.715. The molecule has 2 aliphatic heterocycles. The summed E-state index contributed by atoms with van der Waals surface area (Å²) >= 11 is 0. The molecular weight excluding hydrogens is 276 g/mol. The molecule has 3 rings (SSSR count). The number of hydrogen-bond donors (Lipinski definition) is 0. The summed E-state index contributed by atoms with van der Waals surface area (Å²) < 4.78 is 5.68. The summed E-state index contributed by atoms with van der Waals surface area (Å²) in [4.78, 5) is 17.3. The van der Waals surface area contributed by atoms with Crippen LogP contribution in [0.4, 0.5) is 0 Å². The van der Waals surface area contributed by atoms with Crippen LogP contribution in [-0.2, 0) is 16.0 Å². The van der Waals surface area contributed by atoms with Crippen LogP contribution in [0.5, 0.6) is 0 Å². The molecule has 22 heavy (non-hydrogen) atoms. The standard InChI is InChI=1S/C18H26N2O2/c1-3-19-12-15-16(13-19)20(10-9-17(15)22-2)18(21)11-14-7-5-4-6-8-14/h4-8,15-17H,3,9-13H2,1-2H3/t15-,16+,17+/m1/s1. The molecule has 0 bridgehead atoms. The van der Waals surface area contributed by atoms with E-state index in [1.807, 2.05) is 30.3 Å². The van der Waals surface area contributed by atoms with Gasteiger partial charge in [0.15, 0.2) is 0 Å². The zero-order valence-corrected chi connectivity index (χ0v) is 13.6. The minimum atomic E-state index is 0.258. The smallest absolute Gasteiger partial charge is 0.227 e. The van der Waals surface area contributed by atoms with Crippen molar-refractivity contribution in [2.75, 3.05) is 33.3 Å². The summed E-state index contributed by atoms with van der Waals surface area (Å²) in [5, 5.41) is 0. The Morgan fingerprint density at radius 2 is 2.05 bits per heavy atom. The molecule has 120 valence electrons. The van der Waals surface area contributed by atoms with Crippen LogP contribution in [0.25, 0.3) is 0 Å². The van der Waals surface area contributed by atoms with E-state index in [-0.39, 0.29) is 5.91 Å². The third-order valence-electron chi connectivity index (χ3n) is 5.21. The average Bonchev–Trinajstić information content (AvgIpc) is 2.99. The Morgan fingerprint density at radius 3 is 2.73 bits per heavy atom. The zero-order valence-electron chi connectivity index (χ0n) is 13.6. The molecule has 0 N–H and O–H groups in total. The van der Waals surface area contributed by atoms with Crippen LogP contribution in [0.2, 0.25) is 0 Å². The van der Waals surface area contributed by atoms with E-state index in [4.69, 9.17) is 4.74 Å². The highest BCUT2D eigenvalue weighted by Gasteiger charge is 2.45. The van der Waals surface area contributed by atoms with Gasteiger partial charge in [-0.15, -0.1) is 0 Å². The second-order valence-electron chi connectivity index (χ2n) is 6.40. The molecule has 0 radical (unpaired) electrons. The predicted molar refractivity (Wildman–Crippen MR) is 86.7 cm³/mol. The number of piperidine rings is 1. The molecular formula is C18H26N2O2. The monoisotopic (exact) mass is 302 g/mol. The van der Waals surface area contributed by atoms with Crippen molar-refractivity contribution < 1.29 is 9.53 Å². The van der Waals surface area contributed by atoms with Gasteiger partial charge in [0, 0.05) is 32.7 Å². The number of rotatable bonds is 4. The van der Waals surface area contributed by atoms with E-state index >= 15 is 0 Å². The zero-order chi connectivity index (χ0) is 15.5. The Morgan fingerprint density at radius 1 is 1.27 bits per heavy atom. The first-order valence-electron chi connectivity index (χ1n) is 8.31. The molecule has 0 aliphatic carbocycles. The fourth-order valence-electron chi connectivity index (χ4n) is 3.97. The van der Waals surface area contributed by atoms with Gasteiger partial charge in [-0.1, -0.05) is 37.3 Å². The van der Waals surface area contributed by atoms with Crippen molar-refractivity contribution >= 4 is 5.91 Å². The fourth-order valence-corrected chi connectivity index (χ4v) is 3.97. The number of likely N-dealkylation sites (tertiary alicyclic amines) is 2. The van der Waals surface area contributed by atoms with Crippen LogP contribution in [-0.4, -0.2) is 61.1 Å². The Hall–Kier alpha value is -1.39. The van der Waals surface area contributed by atoms with Crippen molar-refractivity contribution in [3.63, 3.8) is 0 Å². The van der Waals surface area contributed by atoms with Gasteiger partial charge in [0.25, 0.3) is 0 Å². The molecule has 1 aromatic rings. The Labute approximate surface area is 133 Å². The number of carbonyl (C=O) groups excluding carboxylic acids is 1. The molecule has 0 spiro atoms. The minimum absolute atomic E-state index is 0.258. The highest BCUT2D eigenvalue weighted by Crippen LogP contribution is 2.32. The number of nitrogens with zero attached hydrogens (tertiary/aromatic N) is 2. The van der Waals surface area contributed by atoms with Crippen molar-refractivity contribution in [3.05, 3.63) is 35.9 Å². The number of ether oxygens (including phenoxy) is 1. The van der Waals surface area contributed by atoms with Crippen LogP contribution in [0.15, 0.2) is 30.3 Å². The third kappa shape index (κ3) is 3.03. The molecule has 2 aliphatic rings. The lowest BCUT2D eigenvalue weighted by molar-refractivity contribution is -0.138. The number of amides is 1. The van der Waals surface area contributed by atoms with Gasteiger partial charge in [-0.3, -0.25) is 4.79 Å². The van der Waals surface area contributed by atoms with E-state index in [0.717, 1.165) is 38.2 Å². The van der Waals surface area contributed by atoms with Gasteiger partial charge in [0.1, 0.15) is 0 Å². The van der Waals surface area contributed by atoms with Crippen molar-refractivity contribution in [1.82, 2.24) is 9.80 Å². The Kier molecular flexibility index (Phi) is 4.79. The minimum Gasteiger partial charge on any atom is -0.381 e. The Bertz CT molecular complexity index is 505. The average molecular weight is 302 g/mol. The third-order valence-corrected chi connectivity index (χ3v) is 5.21. The van der Waals surface area contributed by atoms with E-state index in [2.05, 4.69) is 16.7 Å². The largest absolute Gasteiger partial charge is 0.381 e. The van der Waals surface area contributed by atoms with Crippen LogP contribution < -0.4 is 0 Å². The van der Waals surface area contributed by atoms with Crippen LogP contribution in [0, 0.1) is 5.92 Å². The number of benzene rings is 1. The molecule has 1 aromatic carbocycles. The second-order valence-corrected chi connectivity index (χ2v) is 6.40. The first-order chi connectivity index (χ1) is 10.7. The molecule has 2 fully saturated rings. The van der Waals surface area contributed by atoms with Crippen molar-refractivity contribution in [1.29, 1.82) is 0 Å². The molecule has 2 saturated heterocycles. The summed E-state index contributed by atoms with van der Waals surface area (Å²) in [5.41, 5.74) is 1.10. The van der Waals surface area contributed by atoms with Gasteiger partial charge >= 0.3 is 0 Å². The van der Waals surface area contributed by atoms with E-state index in [0.29, 0.717) is 24.5 Å². The predicted octanol–water partition coefficient (Wildman–Crippen LogP) is 1.80. The van der Waals surface area contributed by atoms with E-state index in [1.54, 1.807) is 7.11 Å². The summed E-state index contributed by atoms with van der Waals surface area (Å²) in [7, 11) is 1.80. The molecule has 2 heterocycles. The maximum atomic E-state index is 12.8. The molecule has 0 unspecified atom stereocenters. The summed E-state index contributed by atoms with van der Waals surface area (Å²) in [6.45, 7) is 6.10. The topological polar surface area (TPSA) is 32.8 Å². The summed E-state index contributed by atoms with van der Waals surface area (Å²) in [6, 6.07) is 10.4. The van der Waals surface area contributed by atoms with Crippen LogP contribution in [0.3, 0.4) is 0 Å². The number of methoxy groups -OCH3 is 1. The van der Waals surface area contributed by atoms with Gasteiger partial charge in [-0.05, 0) is 18.5 Å². The summed E-state index contributed by atoms with van der Waals surface area (Å²) in [6.07, 6.45) is 1.76. The van der Waals surface area contributed by atoms with Gasteiger partial charge in [0.2, 0.25) is 5.91 Å². The normalized spacial score (nSPS) is 28.6. The van der Waals surface area contributed by atoms with E-state index in [9.17, 15) is 4.79 Å². The lowest BCUT2D eigenvalue weighted by Gasteiger charge is -2.41. The first-order valence-corrected chi connectivity index (χ1v) is 8.31. The first kappa shape index (κ1) is 15.5. The van der Waals surface area contributed by atoms with Crippen molar-refractivity contribution in [2.45, 2.75) is 31.9 Å². The van der Waals surface area contributed by atoms with Crippen LogP contribution in [0.1, 0.15) is 18.9 Å². The van der Waals surface area contributed by atoms with Gasteiger partial charge in [-0.25, -0.2) is 0 Å². The van der Waals surface area contributed by atoms with Gasteiger partial charge in [0.05, 0.1) is 18.6 Å². The molecule has 0 saturated carbocycles. The van der Waals surface area contributed by atoms with Crippen molar-refractivity contribution in [2.24, 2.45) is 5.92 Å². The van der Waals surface area contributed by atoms with Gasteiger partial charge < -0.3 is 14.5 Å². The number of likely N-dealkylation sites (N-methyl/N-ethyl adjacent to an activating group) is 1. The number of carbonyl (C=O) groups is 1. The SMILES string of the molecule is CCN1C[C@H]2[C@@H](OC)CCN(C(=O)Cc3ccccc3)[C@H]2C1. The molecule has 4 heteroatoms. The molecule has 4 nitrogen and oxygen atoms in total. The fraction of sp³-hybridized carbons (Fsp3) is 0.611. The lowest BCUT2D eigenvalue weighted by atomic mass is 9.88. The van der Waals surface area contributed by atoms with E-state index in [1.165, 1.54) is 0 Å². The molecule has 1 amide bonds. The quantitative estimate of drug-likeness (QED) is 0.850. The lowest BCUT2D eigenvalue weighted by Crippen LogP contribution is -2.54. The van der Waals surface area contributed by atoms with Crippen molar-refractivity contribution in [3.8, 4) is 0 Å². The second kappa shape index (κ2) is 6.80. The van der Waals surface area contributed by atoms with Crippen LogP contribution >= 0.6 is 0 Å². The highest BCUT2D eigenvalue weighted by molar-refractivity contribution is 5.79. The van der Waals surface area contributed by atoms with Gasteiger partial charge in [-0.2, -0.15) is 0 Å². The Balaban J connectivity index is 1.72. The molecule has 0 aromatic heterocycles. The highest BCUT2D eigenvalue weighted by atomic mass is 16.5. The maximum absolute atomic E-state index is 12.8. The number of fused-ring (bicyclic) bond motifs is 1. The molecule has 3 atom stereocenters. The van der Waals surface area contributed by atoms with E-state index < -0.39 is 0 Å². The maximum Gasteiger partial charge on any atom is 0.227 e.